The third-order valence-corrected chi connectivity index (χ3v) is 3.24. The molecule has 4 nitrogen and oxygen atoms in total. The van der Waals surface area contributed by atoms with Crippen molar-refractivity contribution in [2.24, 2.45) is 0 Å². The van der Waals surface area contributed by atoms with E-state index in [1.54, 1.807) is 6.20 Å². The average Bonchev–Trinajstić information content (AvgIpc) is 2.39. The molecule has 0 aliphatic carbocycles. The van der Waals surface area contributed by atoms with E-state index < -0.39 is 0 Å². The third kappa shape index (κ3) is 3.15. The van der Waals surface area contributed by atoms with Crippen molar-refractivity contribution in [1.82, 2.24) is 9.97 Å². The smallest absolute Gasteiger partial charge is 0.224 e. The van der Waals surface area contributed by atoms with Crippen molar-refractivity contribution < 1.29 is 0 Å². The zero-order valence-electron chi connectivity index (χ0n) is 11.3. The molecule has 2 aromatic rings. The van der Waals surface area contributed by atoms with Gasteiger partial charge in [-0.3, -0.25) is 0 Å². The van der Waals surface area contributed by atoms with E-state index in [1.807, 2.05) is 39.0 Å². The lowest BCUT2D eigenvalue weighted by molar-refractivity contribution is 1.07. The molecule has 19 heavy (non-hydrogen) atoms. The Hall–Kier alpha value is -1.81. The monoisotopic (exact) mass is 276 g/mol. The van der Waals surface area contributed by atoms with E-state index in [0.29, 0.717) is 5.95 Å². The van der Waals surface area contributed by atoms with Crippen molar-refractivity contribution in [3.05, 3.63) is 40.5 Å². The fraction of sp³-hybridized carbons (Fsp3) is 0.286. The van der Waals surface area contributed by atoms with Gasteiger partial charge in [0.05, 0.1) is 0 Å². The second-order valence-corrected chi connectivity index (χ2v) is 4.70. The molecule has 0 unspecified atom stereocenters. The van der Waals surface area contributed by atoms with Gasteiger partial charge in [0.25, 0.3) is 0 Å². The lowest BCUT2D eigenvalue weighted by Crippen LogP contribution is -2.06. The Bertz CT molecular complexity index is 584. The van der Waals surface area contributed by atoms with Gasteiger partial charge in [-0.2, -0.15) is 4.98 Å². The summed E-state index contributed by atoms with van der Waals surface area (Å²) < 4.78 is 0. The second-order valence-electron chi connectivity index (χ2n) is 4.29. The zero-order chi connectivity index (χ0) is 13.8. The van der Waals surface area contributed by atoms with Crippen molar-refractivity contribution in [1.29, 1.82) is 0 Å². The van der Waals surface area contributed by atoms with Crippen LogP contribution < -0.4 is 10.6 Å². The molecule has 5 heteroatoms. The lowest BCUT2D eigenvalue weighted by Gasteiger charge is -2.12. The number of nitrogens with one attached hydrogen (secondary N) is 2. The maximum Gasteiger partial charge on any atom is 0.224 e. The average molecular weight is 277 g/mol. The molecule has 1 aromatic carbocycles. The molecular formula is C14H17ClN4. The van der Waals surface area contributed by atoms with Crippen LogP contribution in [0.3, 0.4) is 0 Å². The van der Waals surface area contributed by atoms with Crippen LogP contribution in [0.2, 0.25) is 5.02 Å². The molecule has 1 heterocycles. The Morgan fingerprint density at radius 1 is 1.26 bits per heavy atom. The zero-order valence-corrected chi connectivity index (χ0v) is 12.0. The Morgan fingerprint density at radius 3 is 2.79 bits per heavy atom. The highest BCUT2D eigenvalue weighted by atomic mass is 35.5. The van der Waals surface area contributed by atoms with Crippen molar-refractivity contribution >= 4 is 29.1 Å². The van der Waals surface area contributed by atoms with Gasteiger partial charge in [0, 0.05) is 29.0 Å². The summed E-state index contributed by atoms with van der Waals surface area (Å²) in [6.07, 6.45) is 1.80. The standard InChI is InChI=1S/C14H17ClN4/c1-4-16-14-17-8-9(2)13(19-14)18-12-7-5-6-11(15)10(12)3/h5-8H,4H2,1-3H3,(H2,16,17,18,19). The molecule has 0 aliphatic rings. The topological polar surface area (TPSA) is 49.8 Å². The summed E-state index contributed by atoms with van der Waals surface area (Å²) in [6.45, 7) is 6.75. The maximum absolute atomic E-state index is 6.12. The molecule has 0 atom stereocenters. The number of rotatable bonds is 4. The van der Waals surface area contributed by atoms with Gasteiger partial charge in [0.1, 0.15) is 5.82 Å². The van der Waals surface area contributed by atoms with E-state index >= 15 is 0 Å². The van der Waals surface area contributed by atoms with E-state index in [0.717, 1.165) is 34.2 Å². The van der Waals surface area contributed by atoms with E-state index in [4.69, 9.17) is 11.6 Å². The van der Waals surface area contributed by atoms with Crippen LogP contribution in [0.25, 0.3) is 0 Å². The van der Waals surface area contributed by atoms with Crippen molar-refractivity contribution in [3.8, 4) is 0 Å². The minimum atomic E-state index is 0.621. The molecule has 0 spiro atoms. The quantitative estimate of drug-likeness (QED) is 0.889. The number of aromatic nitrogens is 2. The molecule has 100 valence electrons. The first-order valence-corrected chi connectivity index (χ1v) is 6.59. The second kappa shape index (κ2) is 5.89. The molecule has 2 rings (SSSR count). The summed E-state index contributed by atoms with van der Waals surface area (Å²) in [4.78, 5) is 8.67. The summed E-state index contributed by atoms with van der Waals surface area (Å²) in [6, 6.07) is 5.77. The highest BCUT2D eigenvalue weighted by molar-refractivity contribution is 6.31. The molecule has 0 radical (unpaired) electrons. The molecule has 0 amide bonds. The van der Waals surface area contributed by atoms with Gasteiger partial charge in [-0.25, -0.2) is 4.98 Å². The number of hydrogen-bond acceptors (Lipinski definition) is 4. The number of benzene rings is 1. The van der Waals surface area contributed by atoms with E-state index in [-0.39, 0.29) is 0 Å². The molecule has 0 saturated carbocycles. The van der Waals surface area contributed by atoms with Gasteiger partial charge in [0.15, 0.2) is 0 Å². The molecule has 1 aromatic heterocycles. The SMILES string of the molecule is CCNc1ncc(C)c(Nc2cccc(Cl)c2C)n1. The Balaban J connectivity index is 2.32. The van der Waals surface area contributed by atoms with Gasteiger partial charge >= 0.3 is 0 Å². The molecule has 0 aliphatic heterocycles. The number of hydrogen-bond donors (Lipinski definition) is 2. The van der Waals surface area contributed by atoms with Gasteiger partial charge in [-0.05, 0) is 38.5 Å². The van der Waals surface area contributed by atoms with E-state index in [1.165, 1.54) is 0 Å². The normalized spacial score (nSPS) is 10.3. The molecule has 0 bridgehead atoms. The number of nitrogens with zero attached hydrogens (tertiary/aromatic N) is 2. The number of aryl methyl sites for hydroxylation is 1. The summed E-state index contributed by atoms with van der Waals surface area (Å²) in [5.74, 6) is 1.41. The highest BCUT2D eigenvalue weighted by Gasteiger charge is 2.07. The van der Waals surface area contributed by atoms with E-state index in [2.05, 4.69) is 20.6 Å². The van der Waals surface area contributed by atoms with Crippen LogP contribution >= 0.6 is 11.6 Å². The van der Waals surface area contributed by atoms with Gasteiger partial charge < -0.3 is 10.6 Å². The first kappa shape index (κ1) is 13.6. The summed E-state index contributed by atoms with van der Waals surface area (Å²) in [5, 5.41) is 7.14. The van der Waals surface area contributed by atoms with E-state index in [9.17, 15) is 0 Å². The Kier molecular flexibility index (Phi) is 4.22. The van der Waals surface area contributed by atoms with Gasteiger partial charge in [-0.1, -0.05) is 17.7 Å². The maximum atomic E-state index is 6.12. The van der Waals surface area contributed by atoms with Crippen LogP contribution in [0.5, 0.6) is 0 Å². The predicted molar refractivity (Wildman–Crippen MR) is 80.4 cm³/mol. The highest BCUT2D eigenvalue weighted by Crippen LogP contribution is 2.26. The Labute approximate surface area is 118 Å². The minimum absolute atomic E-state index is 0.621. The summed E-state index contributed by atoms with van der Waals surface area (Å²) in [5.41, 5.74) is 2.95. The van der Waals surface area contributed by atoms with Gasteiger partial charge in [0.2, 0.25) is 5.95 Å². The number of halogens is 1. The lowest BCUT2D eigenvalue weighted by atomic mass is 10.2. The van der Waals surface area contributed by atoms with Crippen LogP contribution in [0.1, 0.15) is 18.1 Å². The Morgan fingerprint density at radius 2 is 2.05 bits per heavy atom. The third-order valence-electron chi connectivity index (χ3n) is 2.83. The summed E-state index contributed by atoms with van der Waals surface area (Å²) >= 11 is 6.12. The van der Waals surface area contributed by atoms with Crippen molar-refractivity contribution in [2.45, 2.75) is 20.8 Å². The van der Waals surface area contributed by atoms with Crippen LogP contribution in [-0.2, 0) is 0 Å². The molecule has 2 N–H and O–H groups in total. The minimum Gasteiger partial charge on any atom is -0.354 e. The fourth-order valence-electron chi connectivity index (χ4n) is 1.68. The first-order chi connectivity index (χ1) is 9.11. The van der Waals surface area contributed by atoms with Crippen LogP contribution in [0.4, 0.5) is 17.5 Å². The van der Waals surface area contributed by atoms with Crippen LogP contribution in [0.15, 0.2) is 24.4 Å². The van der Waals surface area contributed by atoms with Gasteiger partial charge in [-0.15, -0.1) is 0 Å². The number of anilines is 3. The fourth-order valence-corrected chi connectivity index (χ4v) is 1.86. The van der Waals surface area contributed by atoms with Crippen LogP contribution in [0, 0.1) is 13.8 Å². The summed E-state index contributed by atoms with van der Waals surface area (Å²) in [7, 11) is 0. The largest absolute Gasteiger partial charge is 0.354 e. The molecule has 0 fully saturated rings. The van der Waals surface area contributed by atoms with Crippen molar-refractivity contribution in [2.75, 3.05) is 17.2 Å². The predicted octanol–water partition coefficient (Wildman–Crippen LogP) is 3.92. The molecule has 0 saturated heterocycles. The van der Waals surface area contributed by atoms with Crippen molar-refractivity contribution in [3.63, 3.8) is 0 Å². The molecular weight excluding hydrogens is 260 g/mol. The van der Waals surface area contributed by atoms with Crippen LogP contribution in [-0.4, -0.2) is 16.5 Å². The first-order valence-electron chi connectivity index (χ1n) is 6.21.